The Morgan fingerprint density at radius 1 is 1.38 bits per heavy atom. The van der Waals surface area contributed by atoms with Crippen LogP contribution in [0, 0.1) is 0 Å². The van der Waals surface area contributed by atoms with Gasteiger partial charge in [-0.2, -0.15) is 0 Å². The zero-order chi connectivity index (χ0) is 11.5. The van der Waals surface area contributed by atoms with Crippen LogP contribution in [0.5, 0.6) is 5.75 Å². The van der Waals surface area contributed by atoms with E-state index in [4.69, 9.17) is 0 Å². The van der Waals surface area contributed by atoms with Crippen molar-refractivity contribution in [2.24, 2.45) is 0 Å². The van der Waals surface area contributed by atoms with Gasteiger partial charge in [-0.3, -0.25) is 0 Å². The molecule has 1 aromatic carbocycles. The highest BCUT2D eigenvalue weighted by atomic mass is 79.9. The normalized spacial score (nSPS) is 17.6. The fourth-order valence-corrected chi connectivity index (χ4v) is 2.92. The number of hydrogen-bond acceptors (Lipinski definition) is 2. The van der Waals surface area contributed by atoms with E-state index in [2.05, 4.69) is 34.2 Å². The highest BCUT2D eigenvalue weighted by Crippen LogP contribution is 2.36. The Kier molecular flexibility index (Phi) is 3.87. The Morgan fingerprint density at radius 3 is 2.69 bits per heavy atom. The quantitative estimate of drug-likeness (QED) is 0.874. The first-order valence-electron chi connectivity index (χ1n) is 5.94. The number of benzene rings is 1. The van der Waals surface area contributed by atoms with E-state index in [1.54, 1.807) is 0 Å². The molecule has 0 aliphatic carbocycles. The number of rotatable bonds is 2. The molecule has 1 fully saturated rings. The third-order valence-corrected chi connectivity index (χ3v) is 3.80. The van der Waals surface area contributed by atoms with E-state index in [1.807, 2.05) is 6.07 Å². The summed E-state index contributed by atoms with van der Waals surface area (Å²) >= 11 is 3.53. The van der Waals surface area contributed by atoms with Gasteiger partial charge in [0.2, 0.25) is 0 Å². The second-order valence-corrected chi connectivity index (χ2v) is 5.30. The maximum Gasteiger partial charge on any atom is 0.122 e. The van der Waals surface area contributed by atoms with Gasteiger partial charge in [0.25, 0.3) is 0 Å². The second-order valence-electron chi connectivity index (χ2n) is 4.38. The maximum atomic E-state index is 10.2. The Balaban J connectivity index is 2.34. The van der Waals surface area contributed by atoms with E-state index in [-0.39, 0.29) is 0 Å². The van der Waals surface area contributed by atoms with Crippen LogP contribution in [0.25, 0.3) is 0 Å². The van der Waals surface area contributed by atoms with Crippen molar-refractivity contribution in [2.45, 2.75) is 32.1 Å². The number of phenols is 1. The van der Waals surface area contributed by atoms with Gasteiger partial charge in [0.05, 0.1) is 0 Å². The van der Waals surface area contributed by atoms with Gasteiger partial charge in [0.1, 0.15) is 5.75 Å². The fourth-order valence-electron chi connectivity index (χ4n) is 2.39. The van der Waals surface area contributed by atoms with Crippen molar-refractivity contribution in [3.63, 3.8) is 0 Å². The molecule has 2 N–H and O–H groups in total. The van der Waals surface area contributed by atoms with Gasteiger partial charge in [-0.15, -0.1) is 0 Å². The Labute approximate surface area is 105 Å². The summed E-state index contributed by atoms with van der Waals surface area (Å²) in [6, 6.07) is 4.09. The summed E-state index contributed by atoms with van der Waals surface area (Å²) in [4.78, 5) is 0. The summed E-state index contributed by atoms with van der Waals surface area (Å²) < 4.78 is 1.08. The molecule has 0 saturated carbocycles. The molecule has 0 radical (unpaired) electrons. The van der Waals surface area contributed by atoms with Crippen LogP contribution in [0.1, 0.15) is 36.8 Å². The summed E-state index contributed by atoms with van der Waals surface area (Å²) in [5, 5.41) is 13.6. The van der Waals surface area contributed by atoms with Crippen molar-refractivity contribution in [1.82, 2.24) is 5.32 Å². The minimum Gasteiger partial charge on any atom is -0.507 e. The summed E-state index contributed by atoms with van der Waals surface area (Å²) in [6.07, 6.45) is 3.11. The molecule has 0 spiro atoms. The van der Waals surface area contributed by atoms with Crippen LogP contribution in [0.2, 0.25) is 0 Å². The molecular formula is C13H18BrNO. The number of aromatic hydroxyl groups is 1. The smallest absolute Gasteiger partial charge is 0.122 e. The number of aryl methyl sites for hydroxylation is 1. The summed E-state index contributed by atoms with van der Waals surface area (Å²) in [5.74, 6) is 1.02. The predicted octanol–water partition coefficient (Wildman–Crippen LogP) is 3.18. The molecule has 3 heteroatoms. The van der Waals surface area contributed by atoms with Crippen LogP contribution in [-0.2, 0) is 6.42 Å². The Hall–Kier alpha value is -0.540. The number of halogens is 1. The molecule has 0 atom stereocenters. The van der Waals surface area contributed by atoms with Crippen LogP contribution in [0.4, 0.5) is 0 Å². The van der Waals surface area contributed by atoms with Crippen molar-refractivity contribution in [1.29, 1.82) is 0 Å². The largest absolute Gasteiger partial charge is 0.507 e. The molecule has 16 heavy (non-hydrogen) atoms. The summed E-state index contributed by atoms with van der Waals surface area (Å²) in [7, 11) is 0. The molecule has 1 aliphatic rings. The number of piperidine rings is 1. The minimum absolute atomic E-state index is 0.504. The number of nitrogens with one attached hydrogen (secondary N) is 1. The first-order chi connectivity index (χ1) is 7.72. The first kappa shape index (κ1) is 11.9. The summed E-state index contributed by atoms with van der Waals surface area (Å²) in [5.41, 5.74) is 2.16. The van der Waals surface area contributed by atoms with Crippen LogP contribution < -0.4 is 5.32 Å². The van der Waals surface area contributed by atoms with Crippen molar-refractivity contribution >= 4 is 15.9 Å². The van der Waals surface area contributed by atoms with E-state index in [9.17, 15) is 5.11 Å². The van der Waals surface area contributed by atoms with Gasteiger partial charge in [-0.05, 0) is 61.5 Å². The molecule has 0 unspecified atom stereocenters. The lowest BCUT2D eigenvalue weighted by Gasteiger charge is -2.24. The van der Waals surface area contributed by atoms with Gasteiger partial charge in [-0.25, -0.2) is 0 Å². The molecule has 1 aromatic rings. The third-order valence-electron chi connectivity index (χ3n) is 3.34. The van der Waals surface area contributed by atoms with Gasteiger partial charge in [-0.1, -0.05) is 22.9 Å². The average molecular weight is 284 g/mol. The monoisotopic (exact) mass is 283 g/mol. The molecular weight excluding hydrogens is 266 g/mol. The molecule has 1 aliphatic heterocycles. The van der Waals surface area contributed by atoms with Crippen LogP contribution >= 0.6 is 15.9 Å². The highest BCUT2D eigenvalue weighted by molar-refractivity contribution is 9.10. The second kappa shape index (κ2) is 5.19. The third kappa shape index (κ3) is 2.41. The average Bonchev–Trinajstić information content (AvgIpc) is 2.33. The van der Waals surface area contributed by atoms with E-state index in [0.717, 1.165) is 48.0 Å². The Bertz CT molecular complexity index is 372. The van der Waals surface area contributed by atoms with E-state index in [1.165, 1.54) is 0 Å². The fraction of sp³-hybridized carbons (Fsp3) is 0.538. The van der Waals surface area contributed by atoms with Crippen LogP contribution in [-0.4, -0.2) is 18.2 Å². The highest BCUT2D eigenvalue weighted by Gasteiger charge is 2.20. The van der Waals surface area contributed by atoms with Crippen LogP contribution in [0.15, 0.2) is 16.6 Å². The molecule has 0 bridgehead atoms. The molecule has 88 valence electrons. The Morgan fingerprint density at radius 2 is 2.06 bits per heavy atom. The standard InChI is InChI=1S/C13H18BrNO/c1-2-9-7-11(14)8-12(13(9)16)10-3-5-15-6-4-10/h7-8,10,15-16H,2-6H2,1H3. The SMILES string of the molecule is CCc1cc(Br)cc(C2CCNCC2)c1O. The number of hydrogen-bond donors (Lipinski definition) is 2. The van der Waals surface area contributed by atoms with Crippen LogP contribution in [0.3, 0.4) is 0 Å². The van der Waals surface area contributed by atoms with Gasteiger partial charge in [0, 0.05) is 4.47 Å². The molecule has 2 rings (SSSR count). The van der Waals surface area contributed by atoms with Crippen molar-refractivity contribution in [3.05, 3.63) is 27.7 Å². The first-order valence-corrected chi connectivity index (χ1v) is 6.73. The molecule has 0 aromatic heterocycles. The van der Waals surface area contributed by atoms with Crippen molar-refractivity contribution in [2.75, 3.05) is 13.1 Å². The molecule has 1 heterocycles. The van der Waals surface area contributed by atoms with Crippen molar-refractivity contribution < 1.29 is 5.11 Å². The molecule has 0 amide bonds. The van der Waals surface area contributed by atoms with Gasteiger partial charge < -0.3 is 10.4 Å². The maximum absolute atomic E-state index is 10.2. The van der Waals surface area contributed by atoms with Gasteiger partial charge >= 0.3 is 0 Å². The lowest BCUT2D eigenvalue weighted by atomic mass is 9.88. The van der Waals surface area contributed by atoms with E-state index < -0.39 is 0 Å². The summed E-state index contributed by atoms with van der Waals surface area (Å²) in [6.45, 7) is 4.18. The lowest BCUT2D eigenvalue weighted by Crippen LogP contribution is -2.26. The van der Waals surface area contributed by atoms with E-state index >= 15 is 0 Å². The molecule has 1 saturated heterocycles. The lowest BCUT2D eigenvalue weighted by molar-refractivity contribution is 0.421. The number of phenolic OH excluding ortho intramolecular Hbond substituents is 1. The topological polar surface area (TPSA) is 32.3 Å². The molecule has 2 nitrogen and oxygen atoms in total. The van der Waals surface area contributed by atoms with E-state index in [0.29, 0.717) is 11.7 Å². The zero-order valence-electron chi connectivity index (χ0n) is 9.59. The zero-order valence-corrected chi connectivity index (χ0v) is 11.2. The van der Waals surface area contributed by atoms with Crippen molar-refractivity contribution in [3.8, 4) is 5.75 Å². The minimum atomic E-state index is 0.504. The predicted molar refractivity (Wildman–Crippen MR) is 70.0 cm³/mol. The van der Waals surface area contributed by atoms with Gasteiger partial charge in [0.15, 0.2) is 0 Å².